The van der Waals surface area contributed by atoms with Gasteiger partial charge in [0.1, 0.15) is 5.82 Å². The van der Waals surface area contributed by atoms with E-state index < -0.39 is 0 Å². The fourth-order valence-electron chi connectivity index (χ4n) is 3.31. The summed E-state index contributed by atoms with van der Waals surface area (Å²) in [7, 11) is 1.74. The minimum atomic E-state index is -0.0826. The predicted molar refractivity (Wildman–Crippen MR) is 136 cm³/mol. The lowest BCUT2D eigenvalue weighted by Gasteiger charge is -2.34. The fraction of sp³-hybridized carbons (Fsp3) is 0.476. The molecule has 3 heterocycles. The quantitative estimate of drug-likeness (QED) is 0.262. The summed E-state index contributed by atoms with van der Waals surface area (Å²) in [5.41, 5.74) is 0.871. The maximum Gasteiger partial charge on any atom is 0.227 e. The molecule has 1 aliphatic rings. The van der Waals surface area contributed by atoms with Crippen LogP contribution in [0.5, 0.6) is 0 Å². The first-order valence-corrected chi connectivity index (χ1v) is 11.1. The van der Waals surface area contributed by atoms with Gasteiger partial charge >= 0.3 is 0 Å². The SMILES string of the molecule is CN=C(NCCC(=O)Nc1cccc(C)n1)NCC(c1cccs1)N1CCOCC1.I. The molecule has 1 unspecified atom stereocenters. The molecule has 1 saturated heterocycles. The van der Waals surface area contributed by atoms with Crippen LogP contribution in [0.4, 0.5) is 5.82 Å². The Labute approximate surface area is 204 Å². The van der Waals surface area contributed by atoms with Gasteiger partial charge in [0.05, 0.1) is 19.3 Å². The minimum Gasteiger partial charge on any atom is -0.379 e. The van der Waals surface area contributed by atoms with Crippen molar-refractivity contribution in [2.24, 2.45) is 4.99 Å². The van der Waals surface area contributed by atoms with Crippen molar-refractivity contribution in [2.75, 3.05) is 51.8 Å². The normalized spacial score (nSPS) is 15.6. The van der Waals surface area contributed by atoms with Gasteiger partial charge in [0.25, 0.3) is 0 Å². The molecule has 2 aromatic heterocycles. The average molecular weight is 558 g/mol. The Balaban J connectivity index is 0.00000341. The molecule has 0 saturated carbocycles. The molecule has 1 fully saturated rings. The number of thiophene rings is 1. The highest BCUT2D eigenvalue weighted by molar-refractivity contribution is 14.0. The van der Waals surface area contributed by atoms with Crippen molar-refractivity contribution in [3.8, 4) is 0 Å². The zero-order valence-electron chi connectivity index (χ0n) is 18.0. The summed E-state index contributed by atoms with van der Waals surface area (Å²) in [5, 5.41) is 11.6. The summed E-state index contributed by atoms with van der Waals surface area (Å²) in [6.45, 7) is 6.48. The number of ether oxygens (including phenoxy) is 1. The maximum atomic E-state index is 12.2. The molecule has 31 heavy (non-hydrogen) atoms. The molecule has 0 bridgehead atoms. The zero-order valence-corrected chi connectivity index (χ0v) is 21.1. The summed E-state index contributed by atoms with van der Waals surface area (Å²) >= 11 is 1.77. The van der Waals surface area contributed by atoms with Crippen molar-refractivity contribution in [2.45, 2.75) is 19.4 Å². The van der Waals surface area contributed by atoms with Gasteiger partial charge in [0.15, 0.2) is 5.96 Å². The number of guanidine groups is 1. The molecular formula is C21H31IN6O2S. The monoisotopic (exact) mass is 558 g/mol. The van der Waals surface area contributed by atoms with E-state index in [1.165, 1.54) is 4.88 Å². The maximum absolute atomic E-state index is 12.2. The number of amides is 1. The van der Waals surface area contributed by atoms with E-state index in [1.807, 2.05) is 19.1 Å². The van der Waals surface area contributed by atoms with Crippen LogP contribution in [0.3, 0.4) is 0 Å². The lowest BCUT2D eigenvalue weighted by atomic mass is 10.2. The summed E-state index contributed by atoms with van der Waals surface area (Å²) in [6, 6.07) is 10.1. The van der Waals surface area contributed by atoms with Crippen molar-refractivity contribution < 1.29 is 9.53 Å². The van der Waals surface area contributed by atoms with Crippen LogP contribution in [0.2, 0.25) is 0 Å². The number of aromatic nitrogens is 1. The van der Waals surface area contributed by atoms with Crippen LogP contribution in [-0.2, 0) is 9.53 Å². The lowest BCUT2D eigenvalue weighted by Crippen LogP contribution is -2.46. The second kappa shape index (κ2) is 13.6. The van der Waals surface area contributed by atoms with Crippen molar-refractivity contribution in [3.63, 3.8) is 0 Å². The predicted octanol–water partition coefficient (Wildman–Crippen LogP) is 2.64. The van der Waals surface area contributed by atoms with Crippen LogP contribution in [0.15, 0.2) is 40.7 Å². The highest BCUT2D eigenvalue weighted by Gasteiger charge is 2.23. The Hall–Kier alpha value is -1.76. The third-order valence-electron chi connectivity index (χ3n) is 4.84. The summed E-state index contributed by atoms with van der Waals surface area (Å²) in [4.78, 5) is 24.5. The van der Waals surface area contributed by atoms with Crippen LogP contribution in [0, 0.1) is 6.92 Å². The van der Waals surface area contributed by atoms with Crippen LogP contribution < -0.4 is 16.0 Å². The molecule has 170 valence electrons. The molecular weight excluding hydrogens is 527 g/mol. The zero-order chi connectivity index (χ0) is 21.2. The molecule has 3 rings (SSSR count). The van der Waals surface area contributed by atoms with Gasteiger partial charge in [0, 0.05) is 50.2 Å². The topological polar surface area (TPSA) is 90.9 Å². The fourth-order valence-corrected chi connectivity index (χ4v) is 4.17. The van der Waals surface area contributed by atoms with E-state index in [2.05, 4.69) is 48.3 Å². The summed E-state index contributed by atoms with van der Waals surface area (Å²) in [5.74, 6) is 1.18. The Morgan fingerprint density at radius 3 is 2.74 bits per heavy atom. The van der Waals surface area contributed by atoms with Crippen molar-refractivity contribution in [1.82, 2.24) is 20.5 Å². The van der Waals surface area contributed by atoms with Gasteiger partial charge < -0.3 is 20.7 Å². The van der Waals surface area contributed by atoms with E-state index in [9.17, 15) is 4.79 Å². The number of carbonyl (C=O) groups is 1. The van der Waals surface area contributed by atoms with Crippen LogP contribution in [-0.4, -0.2) is 68.2 Å². The summed E-state index contributed by atoms with van der Waals surface area (Å²) < 4.78 is 5.50. The Morgan fingerprint density at radius 2 is 2.06 bits per heavy atom. The first-order chi connectivity index (χ1) is 14.7. The van der Waals surface area contributed by atoms with E-state index in [4.69, 9.17) is 4.74 Å². The first-order valence-electron chi connectivity index (χ1n) is 10.2. The third-order valence-corrected chi connectivity index (χ3v) is 5.82. The molecule has 8 nitrogen and oxygen atoms in total. The first kappa shape index (κ1) is 25.5. The minimum absolute atomic E-state index is 0. The van der Waals surface area contributed by atoms with E-state index in [1.54, 1.807) is 24.5 Å². The molecule has 0 spiro atoms. The lowest BCUT2D eigenvalue weighted by molar-refractivity contribution is -0.116. The van der Waals surface area contributed by atoms with Crippen LogP contribution in [0.1, 0.15) is 23.0 Å². The average Bonchev–Trinajstić information content (AvgIpc) is 3.28. The molecule has 1 atom stereocenters. The van der Waals surface area contributed by atoms with Gasteiger partial charge in [-0.15, -0.1) is 35.3 Å². The van der Waals surface area contributed by atoms with E-state index >= 15 is 0 Å². The van der Waals surface area contributed by atoms with Crippen molar-refractivity contribution in [1.29, 1.82) is 0 Å². The number of anilines is 1. The number of rotatable bonds is 8. The van der Waals surface area contributed by atoms with Gasteiger partial charge in [0.2, 0.25) is 5.91 Å². The second-order valence-electron chi connectivity index (χ2n) is 7.02. The molecule has 0 radical (unpaired) electrons. The number of aryl methyl sites for hydroxylation is 1. The Morgan fingerprint density at radius 1 is 1.26 bits per heavy atom. The van der Waals surface area contributed by atoms with Gasteiger partial charge in [-0.25, -0.2) is 4.98 Å². The molecule has 1 aliphatic heterocycles. The number of halogens is 1. The smallest absolute Gasteiger partial charge is 0.227 e. The number of carbonyl (C=O) groups excluding carboxylic acids is 1. The third kappa shape index (κ3) is 8.36. The van der Waals surface area contributed by atoms with Gasteiger partial charge in [-0.2, -0.15) is 0 Å². The van der Waals surface area contributed by atoms with E-state index in [0.717, 1.165) is 38.5 Å². The van der Waals surface area contributed by atoms with Gasteiger partial charge in [-0.1, -0.05) is 12.1 Å². The van der Waals surface area contributed by atoms with Crippen LogP contribution in [0.25, 0.3) is 0 Å². The summed E-state index contributed by atoms with van der Waals surface area (Å²) in [6.07, 6.45) is 0.328. The standard InChI is InChI=1S/C21H30N6O2S.HI/c1-16-5-3-7-19(25-16)26-20(28)8-9-23-21(22-2)24-15-17(18-6-4-14-30-18)27-10-12-29-13-11-27;/h3-7,14,17H,8-13,15H2,1-2H3,(H2,22,23,24)(H,25,26,28);1H. The van der Waals surface area contributed by atoms with Gasteiger partial charge in [-0.05, 0) is 30.5 Å². The molecule has 1 amide bonds. The number of hydrogen-bond donors (Lipinski definition) is 3. The number of aliphatic imine (C=N–C) groups is 1. The number of nitrogens with zero attached hydrogens (tertiary/aromatic N) is 3. The number of nitrogens with one attached hydrogen (secondary N) is 3. The second-order valence-corrected chi connectivity index (χ2v) is 8.00. The number of hydrogen-bond acceptors (Lipinski definition) is 6. The van der Waals surface area contributed by atoms with E-state index in [0.29, 0.717) is 24.7 Å². The molecule has 2 aromatic rings. The number of morpholine rings is 1. The number of pyridine rings is 1. The van der Waals surface area contributed by atoms with Gasteiger partial charge in [-0.3, -0.25) is 14.7 Å². The molecule has 3 N–H and O–H groups in total. The molecule has 10 heteroatoms. The molecule has 0 aromatic carbocycles. The molecule has 0 aliphatic carbocycles. The Kier molecular flexibility index (Phi) is 11.2. The highest BCUT2D eigenvalue weighted by atomic mass is 127. The Bertz CT molecular complexity index is 827. The van der Waals surface area contributed by atoms with Crippen molar-refractivity contribution >= 4 is 53.0 Å². The largest absolute Gasteiger partial charge is 0.379 e. The van der Waals surface area contributed by atoms with Crippen LogP contribution >= 0.6 is 35.3 Å². The van der Waals surface area contributed by atoms with Crippen molar-refractivity contribution in [3.05, 3.63) is 46.3 Å². The highest BCUT2D eigenvalue weighted by Crippen LogP contribution is 2.25. The van der Waals surface area contributed by atoms with E-state index in [-0.39, 0.29) is 35.9 Å².